The topological polar surface area (TPSA) is 37.3 Å². The molecule has 2 aliphatic rings. The van der Waals surface area contributed by atoms with Crippen molar-refractivity contribution in [2.24, 2.45) is 5.92 Å². The zero-order valence-electron chi connectivity index (χ0n) is 11.4. The van der Waals surface area contributed by atoms with Gasteiger partial charge in [0.2, 0.25) is 0 Å². The predicted octanol–water partition coefficient (Wildman–Crippen LogP) is 3.38. The zero-order chi connectivity index (χ0) is 13.8. The van der Waals surface area contributed by atoms with Crippen LogP contribution in [0.25, 0.3) is 0 Å². The number of rotatable bonds is 1. The Bertz CT molecular complexity index is 550. The highest BCUT2D eigenvalue weighted by molar-refractivity contribution is 9.10. The number of hydrogen-bond donors (Lipinski definition) is 1. The van der Waals surface area contributed by atoms with E-state index in [1.54, 1.807) is 0 Å². The number of benzene rings is 1. The highest BCUT2D eigenvalue weighted by atomic mass is 79.9. The second kappa shape index (κ2) is 4.16. The monoisotopic (exact) mass is 322 g/mol. The Morgan fingerprint density at radius 1 is 1.42 bits per heavy atom. The van der Waals surface area contributed by atoms with Gasteiger partial charge in [0.15, 0.2) is 0 Å². The molecule has 3 heteroatoms. The first-order valence-electron chi connectivity index (χ1n) is 6.96. The van der Waals surface area contributed by atoms with Crippen LogP contribution in [0.3, 0.4) is 0 Å². The molecule has 2 nitrogen and oxygen atoms in total. The van der Waals surface area contributed by atoms with Gasteiger partial charge in [-0.05, 0) is 55.9 Å². The van der Waals surface area contributed by atoms with Crippen LogP contribution < -0.4 is 0 Å². The van der Waals surface area contributed by atoms with Crippen LogP contribution in [0.2, 0.25) is 0 Å². The molecule has 102 valence electrons. The predicted molar refractivity (Wildman–Crippen MR) is 78.2 cm³/mol. The fraction of sp³-hybridized carbons (Fsp3) is 0.562. The summed E-state index contributed by atoms with van der Waals surface area (Å²) >= 11 is 3.51. The molecule has 0 spiro atoms. The number of carbonyl (C=O) groups excluding carboxylic acids is 1. The smallest absolute Gasteiger partial charge is 0.149 e. The molecule has 1 saturated carbocycles. The third kappa shape index (κ3) is 1.74. The van der Waals surface area contributed by atoms with Crippen molar-refractivity contribution in [1.29, 1.82) is 0 Å². The lowest BCUT2D eigenvalue weighted by Crippen LogP contribution is -2.57. The summed E-state index contributed by atoms with van der Waals surface area (Å²) in [6, 6.07) is 6.23. The molecule has 3 atom stereocenters. The van der Waals surface area contributed by atoms with Gasteiger partial charge in [-0.25, -0.2) is 0 Å². The lowest BCUT2D eigenvalue weighted by atomic mass is 9.53. The normalized spacial score (nSPS) is 37.1. The van der Waals surface area contributed by atoms with Gasteiger partial charge in [-0.2, -0.15) is 0 Å². The van der Waals surface area contributed by atoms with Gasteiger partial charge in [0.25, 0.3) is 0 Å². The molecule has 1 aromatic carbocycles. The molecule has 19 heavy (non-hydrogen) atoms. The van der Waals surface area contributed by atoms with E-state index in [1.807, 2.05) is 13.0 Å². The van der Waals surface area contributed by atoms with E-state index in [2.05, 4.69) is 35.0 Å². The van der Waals surface area contributed by atoms with E-state index < -0.39 is 5.60 Å². The van der Waals surface area contributed by atoms with Gasteiger partial charge in [-0.3, -0.25) is 4.79 Å². The molecular weight excluding hydrogens is 304 g/mol. The van der Waals surface area contributed by atoms with Crippen molar-refractivity contribution >= 4 is 21.7 Å². The van der Waals surface area contributed by atoms with Crippen LogP contribution in [0, 0.1) is 5.92 Å². The van der Waals surface area contributed by atoms with Crippen LogP contribution >= 0.6 is 15.9 Å². The van der Waals surface area contributed by atoms with Gasteiger partial charge in [0.1, 0.15) is 5.78 Å². The molecular formula is C16H19BrO2. The third-order valence-corrected chi connectivity index (χ3v) is 5.70. The van der Waals surface area contributed by atoms with Gasteiger partial charge in [0.05, 0.1) is 16.9 Å². The van der Waals surface area contributed by atoms with Crippen molar-refractivity contribution in [3.05, 3.63) is 33.8 Å². The molecule has 0 aromatic heterocycles. The molecule has 2 unspecified atom stereocenters. The van der Waals surface area contributed by atoms with Crippen molar-refractivity contribution in [3.63, 3.8) is 0 Å². The Balaban J connectivity index is 2.22. The van der Waals surface area contributed by atoms with Gasteiger partial charge in [-0.1, -0.05) is 28.9 Å². The Labute approximate surface area is 122 Å². The van der Waals surface area contributed by atoms with Crippen LogP contribution in [-0.4, -0.2) is 16.5 Å². The van der Waals surface area contributed by atoms with Crippen LogP contribution in [0.4, 0.5) is 0 Å². The first-order chi connectivity index (χ1) is 8.90. The fourth-order valence-corrected chi connectivity index (χ4v) is 4.33. The molecule has 3 rings (SSSR count). The van der Waals surface area contributed by atoms with E-state index in [0.29, 0.717) is 12.8 Å². The number of Topliss-reactive ketones (excluding diaryl/α,β-unsaturated/α-hetero) is 1. The van der Waals surface area contributed by atoms with Crippen molar-refractivity contribution in [2.75, 3.05) is 0 Å². The first kappa shape index (κ1) is 13.3. The molecule has 0 amide bonds. The highest BCUT2D eigenvalue weighted by Gasteiger charge is 2.56. The summed E-state index contributed by atoms with van der Waals surface area (Å²) in [5.41, 5.74) is 1.20. The lowest BCUT2D eigenvalue weighted by molar-refractivity contribution is -0.147. The van der Waals surface area contributed by atoms with Crippen LogP contribution in [0.15, 0.2) is 22.7 Å². The Kier molecular flexibility index (Phi) is 2.92. The second-order valence-electron chi connectivity index (χ2n) is 6.22. The van der Waals surface area contributed by atoms with E-state index in [4.69, 9.17) is 0 Å². The van der Waals surface area contributed by atoms with E-state index in [9.17, 15) is 9.90 Å². The summed E-state index contributed by atoms with van der Waals surface area (Å²) in [4.78, 5) is 12.9. The molecule has 1 aromatic rings. The first-order valence-corrected chi connectivity index (χ1v) is 7.75. The Hall–Kier alpha value is -0.670. The van der Waals surface area contributed by atoms with E-state index >= 15 is 0 Å². The largest absolute Gasteiger partial charge is 0.389 e. The van der Waals surface area contributed by atoms with E-state index in [1.165, 1.54) is 11.1 Å². The van der Waals surface area contributed by atoms with Gasteiger partial charge >= 0.3 is 0 Å². The maximum Gasteiger partial charge on any atom is 0.149 e. The Morgan fingerprint density at radius 2 is 2.16 bits per heavy atom. The summed E-state index contributed by atoms with van der Waals surface area (Å²) in [5.74, 6) is 0.00377. The number of carbonyl (C=O) groups is 1. The number of ketones is 1. The number of hydrogen-bond acceptors (Lipinski definition) is 2. The number of aliphatic hydroxyl groups is 1. The number of halogens is 1. The summed E-state index contributed by atoms with van der Waals surface area (Å²) in [7, 11) is 0. The Morgan fingerprint density at radius 3 is 2.84 bits per heavy atom. The maximum atomic E-state index is 12.9. The van der Waals surface area contributed by atoms with Gasteiger partial charge in [-0.15, -0.1) is 0 Å². The molecule has 1 N–H and O–H groups in total. The molecule has 0 heterocycles. The van der Waals surface area contributed by atoms with Gasteiger partial charge in [0, 0.05) is 4.47 Å². The van der Waals surface area contributed by atoms with Gasteiger partial charge < -0.3 is 5.11 Å². The average Bonchev–Trinajstić information content (AvgIpc) is 2.36. The summed E-state index contributed by atoms with van der Waals surface area (Å²) in [5, 5.41) is 10.5. The maximum absolute atomic E-state index is 12.9. The molecule has 0 aliphatic heterocycles. The third-order valence-electron chi connectivity index (χ3n) is 5.21. The fourth-order valence-electron chi connectivity index (χ4n) is 3.92. The van der Waals surface area contributed by atoms with Crippen LogP contribution in [-0.2, 0) is 16.6 Å². The standard InChI is InChI=1S/C16H19BrO2/c1-3-16-7-6-15(2,19)13(14(16)18)9-10-8-11(17)4-5-12(10)16/h4-5,8,13,19H,3,6-7,9H2,1-2H3/t13?,15?,16-/m0/s1. The molecule has 2 bridgehead atoms. The van der Waals surface area contributed by atoms with E-state index in [-0.39, 0.29) is 17.1 Å². The van der Waals surface area contributed by atoms with E-state index in [0.717, 1.165) is 17.3 Å². The number of fused-ring (bicyclic) bond motifs is 4. The minimum atomic E-state index is -0.851. The molecule has 1 fully saturated rings. The summed E-state index contributed by atoms with van der Waals surface area (Å²) in [6.07, 6.45) is 2.97. The molecule has 0 radical (unpaired) electrons. The minimum absolute atomic E-state index is 0.247. The quantitative estimate of drug-likeness (QED) is 0.860. The van der Waals surface area contributed by atoms with Crippen molar-refractivity contribution < 1.29 is 9.90 Å². The average molecular weight is 323 g/mol. The molecule has 0 saturated heterocycles. The summed E-state index contributed by atoms with van der Waals surface area (Å²) < 4.78 is 1.05. The van der Waals surface area contributed by atoms with Crippen molar-refractivity contribution in [1.82, 2.24) is 0 Å². The van der Waals surface area contributed by atoms with Crippen LogP contribution in [0.5, 0.6) is 0 Å². The van der Waals surface area contributed by atoms with Crippen molar-refractivity contribution in [2.45, 2.75) is 50.5 Å². The lowest BCUT2D eigenvalue weighted by Gasteiger charge is -2.50. The second-order valence-corrected chi connectivity index (χ2v) is 7.13. The minimum Gasteiger partial charge on any atom is -0.389 e. The van der Waals surface area contributed by atoms with Crippen molar-refractivity contribution in [3.8, 4) is 0 Å². The molecule has 2 aliphatic carbocycles. The zero-order valence-corrected chi connectivity index (χ0v) is 13.0. The van der Waals surface area contributed by atoms with Crippen LogP contribution in [0.1, 0.15) is 44.2 Å². The highest BCUT2D eigenvalue weighted by Crippen LogP contribution is 2.51. The summed E-state index contributed by atoms with van der Waals surface area (Å²) in [6.45, 7) is 3.91. The SMILES string of the molecule is CC[C@]12CCC(C)(O)C(Cc3cc(Br)ccc31)C2=O.